The third-order valence-corrected chi connectivity index (χ3v) is 7.28. The van der Waals surface area contributed by atoms with Crippen molar-refractivity contribution >= 4 is 38.6 Å². The minimum atomic E-state index is -0.827. The van der Waals surface area contributed by atoms with Gasteiger partial charge < -0.3 is 25.5 Å². The maximum Gasteiger partial charge on any atom is 0.153 e. The number of likely N-dealkylation sites (tertiary alicyclic amines) is 1. The van der Waals surface area contributed by atoms with Crippen LogP contribution in [0.25, 0.3) is 5.57 Å². The number of rotatable bonds is 5. The maximum absolute atomic E-state index is 10.8. The number of nitrogens with one attached hydrogen (secondary N) is 2. The molecule has 7 nitrogen and oxygen atoms in total. The van der Waals surface area contributed by atoms with Crippen molar-refractivity contribution in [2.75, 3.05) is 51.0 Å². The van der Waals surface area contributed by atoms with Crippen LogP contribution in [0.15, 0.2) is 57.8 Å². The molecule has 0 aromatic heterocycles. The molecule has 33 heavy (non-hydrogen) atoms. The highest BCUT2D eigenvalue weighted by molar-refractivity contribution is 9.10. The van der Waals surface area contributed by atoms with E-state index in [9.17, 15) is 5.11 Å². The highest BCUT2D eigenvalue weighted by Gasteiger charge is 2.34. The van der Waals surface area contributed by atoms with Crippen LogP contribution >= 0.6 is 15.9 Å². The van der Waals surface area contributed by atoms with Crippen molar-refractivity contribution in [1.29, 1.82) is 0 Å². The summed E-state index contributed by atoms with van der Waals surface area (Å²) in [5.74, 6) is 0. The van der Waals surface area contributed by atoms with E-state index in [1.807, 2.05) is 42.5 Å². The van der Waals surface area contributed by atoms with Crippen molar-refractivity contribution in [3.8, 4) is 0 Å². The molecule has 8 heteroatoms. The molecule has 0 saturated carbocycles. The second-order valence-electron chi connectivity index (χ2n) is 8.98. The summed E-state index contributed by atoms with van der Waals surface area (Å²) in [5, 5.41) is 22.0. The van der Waals surface area contributed by atoms with E-state index in [0.29, 0.717) is 12.6 Å². The van der Waals surface area contributed by atoms with E-state index >= 15 is 0 Å². The summed E-state index contributed by atoms with van der Waals surface area (Å²) in [7, 11) is 4.35. The summed E-state index contributed by atoms with van der Waals surface area (Å²) in [6.45, 7) is 3.63. The molecule has 2 aromatic rings. The first-order valence-corrected chi connectivity index (χ1v) is 12.2. The Kier molecular flexibility index (Phi) is 6.42. The molecular weight excluding hydrogens is 482 g/mol. The molecule has 1 fully saturated rings. The van der Waals surface area contributed by atoms with Gasteiger partial charge in [-0.15, -0.1) is 0 Å². The summed E-state index contributed by atoms with van der Waals surface area (Å²) in [4.78, 5) is 10.6. The third-order valence-electron chi connectivity index (χ3n) is 6.79. The summed E-state index contributed by atoms with van der Waals surface area (Å²) in [6, 6.07) is 14.6. The molecule has 3 heterocycles. The lowest BCUT2D eigenvalue weighted by Crippen LogP contribution is -2.42. The number of para-hydroxylation sites is 1. The minimum absolute atomic E-state index is 0.514. The van der Waals surface area contributed by atoms with Crippen LogP contribution < -0.4 is 10.6 Å². The molecule has 0 spiro atoms. The van der Waals surface area contributed by atoms with Crippen LogP contribution in [-0.4, -0.2) is 73.2 Å². The van der Waals surface area contributed by atoms with E-state index in [0.717, 1.165) is 63.6 Å². The van der Waals surface area contributed by atoms with E-state index in [4.69, 9.17) is 4.84 Å². The summed E-state index contributed by atoms with van der Waals surface area (Å²) in [6.07, 6.45) is 1.55. The molecule has 5 rings (SSSR count). The van der Waals surface area contributed by atoms with Gasteiger partial charge in [0.1, 0.15) is 12.3 Å². The standard InChI is InChI=1S/C25H30BrN5O2/c1-30-11-9-17(10-12-30)31(2)13-14-33-29-23-18-5-3-4-6-20(18)27-24(23)22-19-15-16(26)7-8-21(19)28-25(22)32/h3-8,15,17,25,27-28,32H,9-14H2,1-2H3/b24-22-,29-23+. The molecule has 3 aliphatic heterocycles. The second kappa shape index (κ2) is 9.46. The number of fused-ring (bicyclic) bond motifs is 2. The Morgan fingerprint density at radius 2 is 1.94 bits per heavy atom. The average Bonchev–Trinajstić information content (AvgIpc) is 3.33. The number of hydrogen-bond acceptors (Lipinski definition) is 7. The van der Waals surface area contributed by atoms with E-state index in [1.165, 1.54) is 12.8 Å². The van der Waals surface area contributed by atoms with Crippen molar-refractivity contribution < 1.29 is 9.94 Å². The van der Waals surface area contributed by atoms with Gasteiger partial charge >= 0.3 is 0 Å². The number of halogens is 1. The maximum atomic E-state index is 10.8. The highest BCUT2D eigenvalue weighted by Crippen LogP contribution is 2.41. The summed E-state index contributed by atoms with van der Waals surface area (Å²) < 4.78 is 0.956. The smallest absolute Gasteiger partial charge is 0.153 e. The van der Waals surface area contributed by atoms with Crippen molar-refractivity contribution in [2.24, 2.45) is 5.16 Å². The first-order chi connectivity index (χ1) is 16.0. The van der Waals surface area contributed by atoms with Gasteiger partial charge in [0.15, 0.2) is 6.23 Å². The number of benzene rings is 2. The lowest BCUT2D eigenvalue weighted by molar-refractivity contribution is 0.0847. The highest BCUT2D eigenvalue weighted by atomic mass is 79.9. The van der Waals surface area contributed by atoms with Crippen LogP contribution in [0, 0.1) is 0 Å². The van der Waals surface area contributed by atoms with Gasteiger partial charge in [-0.05, 0) is 64.3 Å². The Balaban J connectivity index is 1.37. The fourth-order valence-electron chi connectivity index (χ4n) is 4.83. The van der Waals surface area contributed by atoms with Gasteiger partial charge in [0.05, 0.1) is 5.70 Å². The number of aliphatic hydroxyl groups is 1. The largest absolute Gasteiger partial charge is 0.394 e. The van der Waals surface area contributed by atoms with Crippen molar-refractivity contribution in [2.45, 2.75) is 25.1 Å². The monoisotopic (exact) mass is 511 g/mol. The Hall–Kier alpha value is -2.39. The van der Waals surface area contributed by atoms with E-state index < -0.39 is 6.23 Å². The van der Waals surface area contributed by atoms with E-state index in [2.05, 4.69) is 55.6 Å². The van der Waals surface area contributed by atoms with Gasteiger partial charge in [0, 0.05) is 45.1 Å². The molecule has 0 radical (unpaired) electrons. The molecule has 1 saturated heterocycles. The van der Waals surface area contributed by atoms with Crippen LogP contribution in [0.4, 0.5) is 11.4 Å². The first kappa shape index (κ1) is 22.4. The van der Waals surface area contributed by atoms with Crippen LogP contribution in [-0.2, 0) is 4.84 Å². The zero-order valence-corrected chi connectivity index (χ0v) is 20.6. The lowest BCUT2D eigenvalue weighted by Gasteiger charge is -2.34. The lowest BCUT2D eigenvalue weighted by atomic mass is 10.0. The molecule has 0 aliphatic carbocycles. The zero-order chi connectivity index (χ0) is 22.9. The van der Waals surface area contributed by atoms with E-state index in [1.54, 1.807) is 0 Å². The molecule has 3 aliphatic rings. The van der Waals surface area contributed by atoms with Gasteiger partial charge in [0.2, 0.25) is 0 Å². The molecule has 1 atom stereocenters. The van der Waals surface area contributed by atoms with Gasteiger partial charge in [-0.1, -0.05) is 39.3 Å². The Bertz CT molecular complexity index is 1090. The number of likely N-dealkylation sites (N-methyl/N-ethyl adjacent to an activating group) is 1. The third kappa shape index (κ3) is 4.53. The number of hydrogen-bond donors (Lipinski definition) is 3. The number of aliphatic hydroxyl groups excluding tert-OH is 1. The predicted octanol–water partition coefficient (Wildman–Crippen LogP) is 3.78. The fraction of sp³-hybridized carbons (Fsp3) is 0.400. The molecular formula is C25H30BrN5O2. The molecule has 3 N–H and O–H groups in total. The Morgan fingerprint density at radius 1 is 1.15 bits per heavy atom. The fourth-order valence-corrected chi connectivity index (χ4v) is 5.19. The second-order valence-corrected chi connectivity index (χ2v) is 9.90. The number of piperidine rings is 1. The number of anilines is 2. The normalized spacial score (nSPS) is 24.0. The topological polar surface area (TPSA) is 72.4 Å². The summed E-state index contributed by atoms with van der Waals surface area (Å²) >= 11 is 3.55. The number of oxime groups is 1. The number of nitrogens with zero attached hydrogens (tertiary/aromatic N) is 3. The molecule has 174 valence electrons. The predicted molar refractivity (Wildman–Crippen MR) is 136 cm³/mol. The Morgan fingerprint density at radius 3 is 2.76 bits per heavy atom. The van der Waals surface area contributed by atoms with Crippen LogP contribution in [0.3, 0.4) is 0 Å². The quantitative estimate of drug-likeness (QED) is 0.419. The Labute approximate surface area is 203 Å². The van der Waals surface area contributed by atoms with Gasteiger partial charge in [-0.3, -0.25) is 4.90 Å². The van der Waals surface area contributed by atoms with Crippen LogP contribution in [0.1, 0.15) is 24.0 Å². The van der Waals surface area contributed by atoms with Gasteiger partial charge in [-0.25, -0.2) is 0 Å². The summed E-state index contributed by atoms with van der Waals surface area (Å²) in [5.41, 5.74) is 6.04. The van der Waals surface area contributed by atoms with Gasteiger partial charge in [-0.2, -0.15) is 0 Å². The first-order valence-electron chi connectivity index (χ1n) is 11.5. The molecule has 0 bridgehead atoms. The molecule has 2 aromatic carbocycles. The SMILES string of the molecule is CN1CCC(N(C)CCO/N=C2/C(=C3\c4cc(Br)ccc4NC3O)Nc3ccccc32)CC1. The van der Waals surface area contributed by atoms with Crippen molar-refractivity contribution in [3.63, 3.8) is 0 Å². The van der Waals surface area contributed by atoms with Crippen molar-refractivity contribution in [1.82, 2.24) is 9.80 Å². The van der Waals surface area contributed by atoms with E-state index in [-0.39, 0.29) is 0 Å². The van der Waals surface area contributed by atoms with Crippen LogP contribution in [0.2, 0.25) is 0 Å². The molecule has 0 amide bonds. The average molecular weight is 512 g/mol. The molecule has 1 unspecified atom stereocenters. The van der Waals surface area contributed by atoms with Crippen LogP contribution in [0.5, 0.6) is 0 Å². The van der Waals surface area contributed by atoms with Crippen molar-refractivity contribution in [3.05, 3.63) is 63.8 Å². The van der Waals surface area contributed by atoms with Gasteiger partial charge in [0.25, 0.3) is 0 Å². The number of allylic oxidation sites excluding steroid dienone is 1. The minimum Gasteiger partial charge on any atom is -0.394 e. The zero-order valence-electron chi connectivity index (χ0n) is 19.0.